The average molecular weight is 293 g/mol. The SMILES string of the molecule is Cc1ccc(C(C)N2CCC(C(=O)O)(C(C)C)C2)cc1F. The number of carboxylic acid groups (broad SMARTS) is 1. The monoisotopic (exact) mass is 293 g/mol. The maximum absolute atomic E-state index is 13.7. The van der Waals surface area contributed by atoms with Crippen molar-refractivity contribution in [2.24, 2.45) is 11.3 Å². The van der Waals surface area contributed by atoms with Crippen molar-refractivity contribution in [2.75, 3.05) is 13.1 Å². The molecule has 1 aliphatic heterocycles. The van der Waals surface area contributed by atoms with E-state index in [-0.39, 0.29) is 17.8 Å². The van der Waals surface area contributed by atoms with Crippen LogP contribution in [0.4, 0.5) is 4.39 Å². The number of nitrogens with zero attached hydrogens (tertiary/aromatic N) is 1. The molecule has 0 spiro atoms. The summed E-state index contributed by atoms with van der Waals surface area (Å²) in [6.45, 7) is 8.95. The van der Waals surface area contributed by atoms with Gasteiger partial charge in [0.05, 0.1) is 5.41 Å². The number of carbonyl (C=O) groups is 1. The Bertz CT molecular complexity index is 544. The van der Waals surface area contributed by atoms with Crippen LogP contribution in [0.5, 0.6) is 0 Å². The molecule has 1 saturated heterocycles. The Kier molecular flexibility index (Phi) is 4.38. The van der Waals surface area contributed by atoms with Crippen LogP contribution in [-0.2, 0) is 4.79 Å². The van der Waals surface area contributed by atoms with Crippen molar-refractivity contribution in [1.29, 1.82) is 0 Å². The van der Waals surface area contributed by atoms with Crippen molar-refractivity contribution in [3.63, 3.8) is 0 Å². The number of halogens is 1. The second-order valence-electron chi connectivity index (χ2n) is 6.52. The molecular formula is C17H24FNO2. The highest BCUT2D eigenvalue weighted by atomic mass is 19.1. The van der Waals surface area contributed by atoms with Crippen LogP contribution in [-0.4, -0.2) is 29.1 Å². The zero-order valence-corrected chi connectivity index (χ0v) is 13.2. The van der Waals surface area contributed by atoms with Crippen molar-refractivity contribution in [3.05, 3.63) is 35.1 Å². The van der Waals surface area contributed by atoms with E-state index in [2.05, 4.69) is 4.90 Å². The normalized spacial score (nSPS) is 24.5. The van der Waals surface area contributed by atoms with E-state index in [4.69, 9.17) is 0 Å². The van der Waals surface area contributed by atoms with Gasteiger partial charge in [0, 0.05) is 12.6 Å². The first-order valence-corrected chi connectivity index (χ1v) is 7.51. The number of hydrogen-bond acceptors (Lipinski definition) is 2. The molecule has 0 saturated carbocycles. The van der Waals surface area contributed by atoms with Gasteiger partial charge < -0.3 is 5.11 Å². The summed E-state index contributed by atoms with van der Waals surface area (Å²) in [6.07, 6.45) is 0.651. The number of hydrogen-bond donors (Lipinski definition) is 1. The van der Waals surface area contributed by atoms with Crippen molar-refractivity contribution in [1.82, 2.24) is 4.90 Å². The quantitative estimate of drug-likeness (QED) is 0.921. The number of rotatable bonds is 4. The molecule has 4 heteroatoms. The van der Waals surface area contributed by atoms with Crippen LogP contribution in [0.25, 0.3) is 0 Å². The maximum Gasteiger partial charge on any atom is 0.311 e. The highest BCUT2D eigenvalue weighted by Gasteiger charge is 2.48. The second kappa shape index (κ2) is 5.76. The van der Waals surface area contributed by atoms with Crippen molar-refractivity contribution < 1.29 is 14.3 Å². The van der Waals surface area contributed by atoms with Gasteiger partial charge in [0.1, 0.15) is 5.82 Å². The molecule has 116 valence electrons. The molecule has 0 radical (unpaired) electrons. The molecule has 0 amide bonds. The van der Waals surface area contributed by atoms with Gasteiger partial charge in [-0.2, -0.15) is 0 Å². The minimum absolute atomic E-state index is 0.0278. The van der Waals surface area contributed by atoms with Gasteiger partial charge in [-0.15, -0.1) is 0 Å². The van der Waals surface area contributed by atoms with E-state index in [1.165, 1.54) is 0 Å². The van der Waals surface area contributed by atoms with Gasteiger partial charge in [0.2, 0.25) is 0 Å². The molecule has 2 rings (SSSR count). The van der Waals surface area contributed by atoms with Gasteiger partial charge in [0.25, 0.3) is 0 Å². The van der Waals surface area contributed by atoms with Gasteiger partial charge >= 0.3 is 5.97 Å². The predicted molar refractivity (Wildman–Crippen MR) is 80.6 cm³/mol. The van der Waals surface area contributed by atoms with E-state index >= 15 is 0 Å². The van der Waals surface area contributed by atoms with E-state index in [9.17, 15) is 14.3 Å². The molecule has 2 atom stereocenters. The first kappa shape index (κ1) is 16.0. The first-order chi connectivity index (χ1) is 9.78. The minimum atomic E-state index is -0.720. The Labute approximate surface area is 125 Å². The topological polar surface area (TPSA) is 40.5 Å². The summed E-state index contributed by atoms with van der Waals surface area (Å²) in [6, 6.07) is 5.31. The van der Waals surface area contributed by atoms with Crippen molar-refractivity contribution in [3.8, 4) is 0 Å². The molecular weight excluding hydrogens is 269 g/mol. The van der Waals surface area contributed by atoms with E-state index in [0.29, 0.717) is 18.5 Å². The third kappa shape index (κ3) is 2.82. The number of aryl methyl sites for hydroxylation is 1. The fourth-order valence-corrected chi connectivity index (χ4v) is 3.17. The smallest absolute Gasteiger partial charge is 0.311 e. The Morgan fingerprint density at radius 1 is 1.38 bits per heavy atom. The lowest BCUT2D eigenvalue weighted by Gasteiger charge is -2.31. The summed E-state index contributed by atoms with van der Waals surface area (Å²) in [7, 11) is 0. The average Bonchev–Trinajstić information content (AvgIpc) is 2.87. The van der Waals surface area contributed by atoms with Crippen LogP contribution in [0.15, 0.2) is 18.2 Å². The molecule has 21 heavy (non-hydrogen) atoms. The molecule has 1 aromatic carbocycles. The number of carboxylic acids is 1. The molecule has 1 heterocycles. The number of benzene rings is 1. The lowest BCUT2D eigenvalue weighted by atomic mass is 9.76. The largest absolute Gasteiger partial charge is 0.481 e. The number of aliphatic carboxylic acids is 1. The highest BCUT2D eigenvalue weighted by molar-refractivity contribution is 5.75. The van der Waals surface area contributed by atoms with Crippen LogP contribution in [0, 0.1) is 24.1 Å². The summed E-state index contributed by atoms with van der Waals surface area (Å²) < 4.78 is 13.7. The predicted octanol–water partition coefficient (Wildman–Crippen LogP) is 3.63. The molecule has 0 aliphatic carbocycles. The fraction of sp³-hybridized carbons (Fsp3) is 0.588. The molecule has 1 N–H and O–H groups in total. The molecule has 0 aromatic heterocycles. The Balaban J connectivity index is 2.20. The van der Waals surface area contributed by atoms with Crippen LogP contribution in [0.1, 0.15) is 44.4 Å². The standard InChI is InChI=1S/C17H24FNO2/c1-11(2)17(16(20)21)7-8-19(10-17)13(4)14-6-5-12(3)15(18)9-14/h5-6,9,11,13H,7-8,10H2,1-4H3,(H,20,21). The Morgan fingerprint density at radius 3 is 2.52 bits per heavy atom. The van der Waals surface area contributed by atoms with Crippen molar-refractivity contribution >= 4 is 5.97 Å². The van der Waals surface area contributed by atoms with Crippen molar-refractivity contribution in [2.45, 2.75) is 40.2 Å². The van der Waals surface area contributed by atoms with E-state index < -0.39 is 11.4 Å². The minimum Gasteiger partial charge on any atom is -0.481 e. The number of likely N-dealkylation sites (tertiary alicyclic amines) is 1. The van der Waals surface area contributed by atoms with Gasteiger partial charge in [-0.1, -0.05) is 26.0 Å². The summed E-state index contributed by atoms with van der Waals surface area (Å²) in [4.78, 5) is 13.8. The van der Waals surface area contributed by atoms with Crippen LogP contribution < -0.4 is 0 Å². The van der Waals surface area contributed by atoms with E-state index in [1.54, 1.807) is 19.1 Å². The molecule has 0 bridgehead atoms. The zero-order valence-electron chi connectivity index (χ0n) is 13.2. The molecule has 1 aromatic rings. The third-order valence-electron chi connectivity index (χ3n) is 5.09. The molecule has 1 aliphatic rings. The summed E-state index contributed by atoms with van der Waals surface area (Å²) >= 11 is 0. The third-order valence-corrected chi connectivity index (χ3v) is 5.09. The van der Waals surface area contributed by atoms with Crippen LogP contribution >= 0.6 is 0 Å². The van der Waals surface area contributed by atoms with Crippen LogP contribution in [0.3, 0.4) is 0 Å². The molecule has 1 fully saturated rings. The van der Waals surface area contributed by atoms with Gasteiger partial charge in [-0.05, 0) is 49.9 Å². The summed E-state index contributed by atoms with van der Waals surface area (Å²) in [5, 5.41) is 9.60. The molecule has 2 unspecified atom stereocenters. The highest BCUT2D eigenvalue weighted by Crippen LogP contribution is 2.41. The maximum atomic E-state index is 13.7. The van der Waals surface area contributed by atoms with Gasteiger partial charge in [-0.25, -0.2) is 4.39 Å². The Morgan fingerprint density at radius 2 is 2.05 bits per heavy atom. The van der Waals surface area contributed by atoms with Gasteiger partial charge in [-0.3, -0.25) is 9.69 Å². The fourth-order valence-electron chi connectivity index (χ4n) is 3.17. The molecule has 3 nitrogen and oxygen atoms in total. The summed E-state index contributed by atoms with van der Waals surface area (Å²) in [5.74, 6) is -0.837. The van der Waals surface area contributed by atoms with Gasteiger partial charge in [0.15, 0.2) is 0 Å². The second-order valence-corrected chi connectivity index (χ2v) is 6.52. The lowest BCUT2D eigenvalue weighted by molar-refractivity contribution is -0.151. The van der Waals surface area contributed by atoms with E-state index in [0.717, 1.165) is 12.1 Å². The first-order valence-electron chi connectivity index (χ1n) is 7.51. The lowest BCUT2D eigenvalue weighted by Crippen LogP contribution is -2.39. The Hall–Kier alpha value is -1.42. The van der Waals surface area contributed by atoms with E-state index in [1.807, 2.05) is 26.8 Å². The summed E-state index contributed by atoms with van der Waals surface area (Å²) in [5.41, 5.74) is 0.856. The van der Waals surface area contributed by atoms with Crippen LogP contribution in [0.2, 0.25) is 0 Å². The zero-order chi connectivity index (χ0) is 15.8.